The van der Waals surface area contributed by atoms with Crippen LogP contribution in [-0.2, 0) is 21.1 Å². The number of hydrogen-bond donors (Lipinski definition) is 0. The number of carbonyl (C=O) groups excluding carboxylic acids is 1. The summed E-state index contributed by atoms with van der Waals surface area (Å²) in [6.45, 7) is 1.94. The zero-order chi connectivity index (χ0) is 15.3. The van der Waals surface area contributed by atoms with Crippen LogP contribution in [0.1, 0.15) is 18.9 Å². The molecule has 1 rings (SSSR count). The number of rotatable bonds is 6. The van der Waals surface area contributed by atoms with Crippen LogP contribution in [0.3, 0.4) is 0 Å². The summed E-state index contributed by atoms with van der Waals surface area (Å²) < 4.78 is 22.1. The van der Waals surface area contributed by atoms with Crippen molar-refractivity contribution < 1.29 is 13.2 Å². The van der Waals surface area contributed by atoms with E-state index in [0.717, 1.165) is 11.8 Å². The van der Waals surface area contributed by atoms with Gasteiger partial charge in [0.2, 0.25) is 5.91 Å². The first-order valence-corrected chi connectivity index (χ1v) is 8.80. The lowest BCUT2D eigenvalue weighted by Crippen LogP contribution is -2.37. The van der Waals surface area contributed by atoms with Gasteiger partial charge in [0.15, 0.2) is 0 Å². The molecule has 1 aromatic rings. The van der Waals surface area contributed by atoms with Gasteiger partial charge in [-0.2, -0.15) is 0 Å². The Morgan fingerprint density at radius 3 is 2.35 bits per heavy atom. The average molecular weight is 318 g/mol. The molecule has 0 aliphatic carbocycles. The molecule has 0 saturated carbocycles. The van der Waals surface area contributed by atoms with Gasteiger partial charge >= 0.3 is 0 Å². The zero-order valence-corrected chi connectivity index (χ0v) is 13.5. The fraction of sp³-hybridized carbons (Fsp3) is 0.500. The molecular formula is C14H20ClNO3S. The maximum atomic E-state index is 11.9. The van der Waals surface area contributed by atoms with E-state index in [2.05, 4.69) is 0 Å². The van der Waals surface area contributed by atoms with E-state index in [0.29, 0.717) is 11.4 Å². The summed E-state index contributed by atoms with van der Waals surface area (Å²) in [5.74, 6) is -0.263. The van der Waals surface area contributed by atoms with Crippen molar-refractivity contribution in [1.82, 2.24) is 4.90 Å². The van der Waals surface area contributed by atoms with Crippen LogP contribution >= 0.6 is 11.6 Å². The number of carbonyl (C=O) groups is 1. The molecule has 20 heavy (non-hydrogen) atoms. The topological polar surface area (TPSA) is 54.5 Å². The highest BCUT2D eigenvalue weighted by Gasteiger charge is 2.17. The van der Waals surface area contributed by atoms with Crippen molar-refractivity contribution in [3.8, 4) is 0 Å². The highest BCUT2D eigenvalue weighted by atomic mass is 35.5. The molecule has 0 radical (unpaired) electrons. The molecule has 1 aromatic carbocycles. The van der Waals surface area contributed by atoms with Crippen molar-refractivity contribution in [2.75, 3.05) is 19.1 Å². The fourth-order valence-corrected chi connectivity index (χ4v) is 2.46. The number of benzene rings is 1. The Balaban J connectivity index is 2.55. The molecule has 0 fully saturated rings. The maximum absolute atomic E-state index is 11.9. The summed E-state index contributed by atoms with van der Waals surface area (Å²) >= 11 is 5.82. The normalized spacial score (nSPS) is 13.0. The van der Waals surface area contributed by atoms with Gasteiger partial charge in [-0.25, -0.2) is 8.42 Å². The van der Waals surface area contributed by atoms with Crippen LogP contribution in [0.25, 0.3) is 0 Å². The molecule has 112 valence electrons. The van der Waals surface area contributed by atoms with E-state index < -0.39 is 9.84 Å². The van der Waals surface area contributed by atoms with Crippen LogP contribution in [0.15, 0.2) is 24.3 Å². The Morgan fingerprint density at radius 1 is 1.30 bits per heavy atom. The van der Waals surface area contributed by atoms with Crippen molar-refractivity contribution in [1.29, 1.82) is 0 Å². The second kappa shape index (κ2) is 7.09. The smallest absolute Gasteiger partial charge is 0.223 e. The number of nitrogens with zero attached hydrogens (tertiary/aromatic N) is 1. The van der Waals surface area contributed by atoms with Crippen LogP contribution in [0.4, 0.5) is 0 Å². The summed E-state index contributed by atoms with van der Waals surface area (Å²) in [5, 5.41) is 0.680. The van der Waals surface area contributed by atoms with Gasteiger partial charge in [-0.05, 0) is 31.0 Å². The van der Waals surface area contributed by atoms with Gasteiger partial charge in [-0.1, -0.05) is 23.7 Å². The zero-order valence-electron chi connectivity index (χ0n) is 12.0. The van der Waals surface area contributed by atoms with Gasteiger partial charge in [-0.3, -0.25) is 4.79 Å². The molecule has 0 aliphatic rings. The Morgan fingerprint density at radius 2 is 1.85 bits per heavy atom. The third kappa shape index (κ3) is 5.92. The number of amides is 1. The van der Waals surface area contributed by atoms with Crippen LogP contribution < -0.4 is 0 Å². The predicted octanol–water partition coefficient (Wildman–Crippen LogP) is 2.16. The van der Waals surface area contributed by atoms with Crippen LogP contribution in [0.2, 0.25) is 5.02 Å². The number of likely N-dealkylation sites (N-methyl/N-ethyl adjacent to an activating group) is 1. The highest BCUT2D eigenvalue weighted by molar-refractivity contribution is 7.90. The van der Waals surface area contributed by atoms with Crippen LogP contribution in [0.5, 0.6) is 0 Å². The monoisotopic (exact) mass is 317 g/mol. The molecule has 0 N–H and O–H groups in total. The van der Waals surface area contributed by atoms with Gasteiger partial charge in [-0.15, -0.1) is 0 Å². The first kappa shape index (κ1) is 17.0. The summed E-state index contributed by atoms with van der Waals surface area (Å²) in [4.78, 5) is 13.5. The predicted molar refractivity (Wildman–Crippen MR) is 81.7 cm³/mol. The summed E-state index contributed by atoms with van der Waals surface area (Å²) in [7, 11) is -1.40. The molecule has 0 heterocycles. The first-order chi connectivity index (χ1) is 9.19. The van der Waals surface area contributed by atoms with Crippen molar-refractivity contribution in [3.05, 3.63) is 34.9 Å². The SMILES string of the molecule is C[C@H](Cc1ccc(Cl)cc1)N(C)C(=O)CCS(C)(=O)=O. The quantitative estimate of drug-likeness (QED) is 0.808. The third-order valence-corrected chi connectivity index (χ3v) is 4.38. The summed E-state index contributed by atoms with van der Waals surface area (Å²) in [6.07, 6.45) is 1.87. The highest BCUT2D eigenvalue weighted by Crippen LogP contribution is 2.13. The van der Waals surface area contributed by atoms with Crippen LogP contribution in [0, 0.1) is 0 Å². The molecule has 0 aliphatic heterocycles. The minimum absolute atomic E-state index is 0.00300. The number of hydrogen-bond acceptors (Lipinski definition) is 3. The molecule has 1 amide bonds. The molecule has 0 aromatic heterocycles. The lowest BCUT2D eigenvalue weighted by Gasteiger charge is -2.25. The van der Waals surface area contributed by atoms with Crippen molar-refractivity contribution >= 4 is 27.3 Å². The van der Waals surface area contributed by atoms with Gasteiger partial charge in [0.1, 0.15) is 9.84 Å². The molecule has 0 bridgehead atoms. The molecule has 0 saturated heterocycles. The summed E-state index contributed by atoms with van der Waals surface area (Å²) in [6, 6.07) is 7.48. The van der Waals surface area contributed by atoms with E-state index in [1.165, 1.54) is 0 Å². The van der Waals surface area contributed by atoms with E-state index in [4.69, 9.17) is 11.6 Å². The van der Waals surface area contributed by atoms with Crippen molar-refractivity contribution in [2.24, 2.45) is 0 Å². The first-order valence-electron chi connectivity index (χ1n) is 6.37. The Bertz CT molecular complexity index is 554. The Kier molecular flexibility index (Phi) is 6.02. The molecule has 0 spiro atoms. The van der Waals surface area contributed by atoms with E-state index in [-0.39, 0.29) is 24.1 Å². The van der Waals surface area contributed by atoms with E-state index in [9.17, 15) is 13.2 Å². The van der Waals surface area contributed by atoms with Crippen molar-refractivity contribution in [3.63, 3.8) is 0 Å². The number of sulfone groups is 1. The lowest BCUT2D eigenvalue weighted by molar-refractivity contribution is -0.131. The van der Waals surface area contributed by atoms with Gasteiger partial charge < -0.3 is 4.90 Å². The lowest BCUT2D eigenvalue weighted by atomic mass is 10.1. The maximum Gasteiger partial charge on any atom is 0.223 e. The molecule has 4 nitrogen and oxygen atoms in total. The second-order valence-corrected chi connectivity index (χ2v) is 7.76. The Hall–Kier alpha value is -1.07. The number of halogens is 1. The third-order valence-electron chi connectivity index (χ3n) is 3.19. The molecule has 6 heteroatoms. The average Bonchev–Trinajstić information content (AvgIpc) is 2.36. The standard InChI is InChI=1S/C14H20ClNO3S/c1-11(10-12-4-6-13(15)7-5-12)16(2)14(17)8-9-20(3,18)19/h4-7,11H,8-10H2,1-3H3/t11-/m1/s1. The van der Waals surface area contributed by atoms with Crippen molar-refractivity contribution in [2.45, 2.75) is 25.8 Å². The summed E-state index contributed by atoms with van der Waals surface area (Å²) in [5.41, 5.74) is 1.09. The van der Waals surface area contributed by atoms with Gasteiger partial charge in [0, 0.05) is 30.8 Å². The molecule has 0 unspecified atom stereocenters. The van der Waals surface area contributed by atoms with Gasteiger partial charge in [0.25, 0.3) is 0 Å². The second-order valence-electron chi connectivity index (χ2n) is 5.06. The Labute approximate surface area is 125 Å². The minimum Gasteiger partial charge on any atom is -0.343 e. The van der Waals surface area contributed by atoms with E-state index in [1.54, 1.807) is 11.9 Å². The largest absolute Gasteiger partial charge is 0.343 e. The van der Waals surface area contributed by atoms with Gasteiger partial charge in [0.05, 0.1) is 5.75 Å². The van der Waals surface area contributed by atoms with E-state index >= 15 is 0 Å². The molecule has 1 atom stereocenters. The fourth-order valence-electron chi connectivity index (χ4n) is 1.79. The van der Waals surface area contributed by atoms with Crippen LogP contribution in [-0.4, -0.2) is 44.3 Å². The van der Waals surface area contributed by atoms with E-state index in [1.807, 2.05) is 31.2 Å². The molecular weight excluding hydrogens is 298 g/mol. The minimum atomic E-state index is -3.10.